The van der Waals surface area contributed by atoms with Gasteiger partial charge in [0, 0.05) is 12.1 Å². The summed E-state index contributed by atoms with van der Waals surface area (Å²) in [5.41, 5.74) is 6.14. The summed E-state index contributed by atoms with van der Waals surface area (Å²) in [6, 6.07) is 5.21. The van der Waals surface area contributed by atoms with Gasteiger partial charge in [-0.15, -0.1) is 0 Å². The average molecular weight is 264 g/mol. The van der Waals surface area contributed by atoms with Crippen molar-refractivity contribution in [3.05, 3.63) is 23.8 Å². The largest absolute Gasteiger partial charge is 0.454 e. The monoisotopic (exact) mass is 264 g/mol. The Hall–Kier alpha value is -1.75. The van der Waals surface area contributed by atoms with E-state index in [4.69, 9.17) is 15.2 Å². The molecule has 1 unspecified atom stereocenters. The van der Waals surface area contributed by atoms with Crippen LogP contribution in [0.3, 0.4) is 0 Å². The molecule has 1 atom stereocenters. The summed E-state index contributed by atoms with van der Waals surface area (Å²) in [5, 5.41) is 2.89. The van der Waals surface area contributed by atoms with Gasteiger partial charge >= 0.3 is 0 Å². The molecule has 104 valence electrons. The van der Waals surface area contributed by atoms with Crippen molar-refractivity contribution in [2.75, 3.05) is 19.9 Å². The Morgan fingerprint density at radius 2 is 2.21 bits per heavy atom. The van der Waals surface area contributed by atoms with Crippen molar-refractivity contribution in [1.82, 2.24) is 5.32 Å². The fourth-order valence-electron chi connectivity index (χ4n) is 1.91. The van der Waals surface area contributed by atoms with Crippen LogP contribution in [0.4, 0.5) is 0 Å². The molecule has 5 heteroatoms. The number of ether oxygens (including phenoxy) is 2. The number of benzene rings is 1. The third-order valence-corrected chi connectivity index (χ3v) is 3.20. The van der Waals surface area contributed by atoms with Crippen LogP contribution in [0.25, 0.3) is 0 Å². The van der Waals surface area contributed by atoms with Gasteiger partial charge in [0.05, 0.1) is 0 Å². The van der Waals surface area contributed by atoms with Crippen molar-refractivity contribution in [2.24, 2.45) is 11.7 Å². The average Bonchev–Trinajstić information content (AvgIpc) is 2.90. The second kappa shape index (κ2) is 6.43. The van der Waals surface area contributed by atoms with E-state index in [9.17, 15) is 4.79 Å². The molecule has 1 amide bonds. The van der Waals surface area contributed by atoms with E-state index in [1.54, 1.807) is 18.2 Å². The highest BCUT2D eigenvalue weighted by Crippen LogP contribution is 2.32. The number of nitrogens with two attached hydrogens (primary N) is 1. The quantitative estimate of drug-likeness (QED) is 0.764. The van der Waals surface area contributed by atoms with Crippen molar-refractivity contribution >= 4 is 5.91 Å². The molecule has 3 N–H and O–H groups in total. The summed E-state index contributed by atoms with van der Waals surface area (Å²) in [5.74, 6) is 1.74. The van der Waals surface area contributed by atoms with Gasteiger partial charge in [-0.25, -0.2) is 0 Å². The molecule has 2 rings (SSSR count). The maximum atomic E-state index is 11.9. The van der Waals surface area contributed by atoms with E-state index < -0.39 is 0 Å². The summed E-state index contributed by atoms with van der Waals surface area (Å²) in [4.78, 5) is 11.9. The van der Waals surface area contributed by atoms with Crippen LogP contribution in [0, 0.1) is 5.92 Å². The minimum absolute atomic E-state index is 0.0845. The summed E-state index contributed by atoms with van der Waals surface area (Å²) in [6.07, 6.45) is 1.96. The number of fused-ring (bicyclic) bond motifs is 1. The third kappa shape index (κ3) is 3.61. The second-order valence-electron chi connectivity index (χ2n) is 4.81. The zero-order valence-corrected chi connectivity index (χ0v) is 11.1. The maximum absolute atomic E-state index is 11.9. The molecule has 1 aliphatic heterocycles. The highest BCUT2D eigenvalue weighted by Gasteiger charge is 2.15. The summed E-state index contributed by atoms with van der Waals surface area (Å²) < 4.78 is 10.4. The van der Waals surface area contributed by atoms with Gasteiger partial charge in [0.25, 0.3) is 5.91 Å². The van der Waals surface area contributed by atoms with E-state index in [1.807, 2.05) is 0 Å². The van der Waals surface area contributed by atoms with Gasteiger partial charge in [0.2, 0.25) is 6.79 Å². The molecule has 0 saturated heterocycles. The van der Waals surface area contributed by atoms with E-state index in [2.05, 4.69) is 12.2 Å². The molecule has 1 aliphatic rings. The molecule has 0 aliphatic carbocycles. The van der Waals surface area contributed by atoms with Crippen LogP contribution < -0.4 is 20.5 Å². The minimum atomic E-state index is -0.0845. The Morgan fingerprint density at radius 1 is 1.42 bits per heavy atom. The summed E-state index contributed by atoms with van der Waals surface area (Å²) >= 11 is 0. The smallest absolute Gasteiger partial charge is 0.251 e. The lowest BCUT2D eigenvalue weighted by Gasteiger charge is -2.09. The molecule has 0 saturated carbocycles. The summed E-state index contributed by atoms with van der Waals surface area (Å²) in [7, 11) is 0. The van der Waals surface area contributed by atoms with Crippen molar-refractivity contribution in [3.63, 3.8) is 0 Å². The molecular formula is C14H20N2O3. The lowest BCUT2D eigenvalue weighted by atomic mass is 10.1. The molecule has 0 fully saturated rings. The van der Waals surface area contributed by atoms with Gasteiger partial charge in [-0.1, -0.05) is 6.92 Å². The van der Waals surface area contributed by atoms with Gasteiger partial charge in [0.1, 0.15) is 0 Å². The molecule has 0 aromatic heterocycles. The van der Waals surface area contributed by atoms with Crippen molar-refractivity contribution in [2.45, 2.75) is 19.8 Å². The van der Waals surface area contributed by atoms with Gasteiger partial charge in [-0.05, 0) is 43.5 Å². The highest BCUT2D eigenvalue weighted by molar-refractivity contribution is 5.94. The van der Waals surface area contributed by atoms with Crippen LogP contribution in [0.5, 0.6) is 11.5 Å². The SMILES string of the molecule is CC(CN)CCCNC(=O)c1ccc2c(c1)OCO2. The standard InChI is InChI=1S/C14H20N2O3/c1-10(8-15)3-2-6-16-14(17)11-4-5-12-13(7-11)19-9-18-12/h4-5,7,10H,2-3,6,8-9,15H2,1H3,(H,16,17). The van der Waals surface area contributed by atoms with Crippen molar-refractivity contribution in [3.8, 4) is 11.5 Å². The Kier molecular flexibility index (Phi) is 4.63. The minimum Gasteiger partial charge on any atom is -0.454 e. The van der Waals surface area contributed by atoms with Crippen LogP contribution in [0.2, 0.25) is 0 Å². The van der Waals surface area contributed by atoms with Crippen LogP contribution in [0.1, 0.15) is 30.1 Å². The first kappa shape index (κ1) is 13.7. The molecule has 0 radical (unpaired) electrons. The maximum Gasteiger partial charge on any atom is 0.251 e. The fraction of sp³-hybridized carbons (Fsp3) is 0.500. The number of amides is 1. The van der Waals surface area contributed by atoms with Crippen molar-refractivity contribution < 1.29 is 14.3 Å². The predicted octanol–water partition coefficient (Wildman–Crippen LogP) is 1.52. The van der Waals surface area contributed by atoms with E-state index in [-0.39, 0.29) is 12.7 Å². The Bertz CT molecular complexity index is 448. The van der Waals surface area contributed by atoms with Gasteiger partial charge in [-0.3, -0.25) is 4.79 Å². The summed E-state index contributed by atoms with van der Waals surface area (Å²) in [6.45, 7) is 3.69. The zero-order valence-electron chi connectivity index (χ0n) is 11.1. The number of nitrogens with one attached hydrogen (secondary N) is 1. The lowest BCUT2D eigenvalue weighted by Crippen LogP contribution is -2.25. The van der Waals surface area contributed by atoms with Crippen LogP contribution in [-0.2, 0) is 0 Å². The van der Waals surface area contributed by atoms with Gasteiger partial charge in [-0.2, -0.15) is 0 Å². The molecule has 0 bridgehead atoms. The van der Waals surface area contributed by atoms with E-state index in [0.29, 0.717) is 36.1 Å². The molecule has 1 aromatic carbocycles. The lowest BCUT2D eigenvalue weighted by molar-refractivity contribution is 0.0952. The first-order valence-corrected chi connectivity index (χ1v) is 6.58. The normalized spacial score (nSPS) is 14.2. The van der Waals surface area contributed by atoms with Gasteiger partial charge in [0.15, 0.2) is 11.5 Å². The Labute approximate surface area is 113 Å². The molecular weight excluding hydrogens is 244 g/mol. The highest BCUT2D eigenvalue weighted by atomic mass is 16.7. The number of hydrogen-bond donors (Lipinski definition) is 2. The number of carbonyl (C=O) groups excluding carboxylic acids is 1. The number of rotatable bonds is 6. The van der Waals surface area contributed by atoms with E-state index in [0.717, 1.165) is 12.8 Å². The number of hydrogen-bond acceptors (Lipinski definition) is 4. The molecule has 0 spiro atoms. The van der Waals surface area contributed by atoms with E-state index in [1.165, 1.54) is 0 Å². The molecule has 1 heterocycles. The van der Waals surface area contributed by atoms with Crippen LogP contribution >= 0.6 is 0 Å². The number of carbonyl (C=O) groups is 1. The second-order valence-corrected chi connectivity index (χ2v) is 4.81. The van der Waals surface area contributed by atoms with Gasteiger partial charge < -0.3 is 20.5 Å². The van der Waals surface area contributed by atoms with Crippen LogP contribution in [0.15, 0.2) is 18.2 Å². The van der Waals surface area contributed by atoms with Crippen molar-refractivity contribution in [1.29, 1.82) is 0 Å². The fourth-order valence-corrected chi connectivity index (χ4v) is 1.91. The first-order chi connectivity index (χ1) is 9.20. The Morgan fingerprint density at radius 3 is 3.00 bits per heavy atom. The van der Waals surface area contributed by atoms with E-state index >= 15 is 0 Å². The topological polar surface area (TPSA) is 73.6 Å². The zero-order chi connectivity index (χ0) is 13.7. The van der Waals surface area contributed by atoms with Crippen LogP contribution in [-0.4, -0.2) is 25.8 Å². The predicted molar refractivity (Wildman–Crippen MR) is 72.4 cm³/mol. The Balaban J connectivity index is 1.80. The third-order valence-electron chi connectivity index (χ3n) is 3.20. The molecule has 1 aromatic rings. The first-order valence-electron chi connectivity index (χ1n) is 6.58. The molecule has 19 heavy (non-hydrogen) atoms. The molecule has 5 nitrogen and oxygen atoms in total.